The number of esters is 2. The van der Waals surface area contributed by atoms with Gasteiger partial charge in [0, 0.05) is 12.8 Å². The van der Waals surface area contributed by atoms with Crippen molar-refractivity contribution < 1.29 is 23.8 Å². The SMILES string of the molecule is CCCCCCC(=O)OCC(COCc1ccccc1)OC(=O)CCCCCC. The Labute approximate surface area is 176 Å². The maximum Gasteiger partial charge on any atom is 0.306 e. The van der Waals surface area contributed by atoms with Gasteiger partial charge in [0.1, 0.15) is 6.61 Å². The summed E-state index contributed by atoms with van der Waals surface area (Å²) in [6.45, 7) is 4.95. The van der Waals surface area contributed by atoms with Gasteiger partial charge in [0.25, 0.3) is 0 Å². The Balaban J connectivity index is 2.39. The number of hydrogen-bond donors (Lipinski definition) is 0. The standard InChI is InChI=1S/C24H38O5/c1-3-5-7-12-16-23(25)28-20-22(29-24(26)17-13-8-6-4-2)19-27-18-21-14-10-9-11-15-21/h9-11,14-15,22H,3-8,12-13,16-20H2,1-2H3. The second kappa shape index (κ2) is 17.0. The van der Waals surface area contributed by atoms with Crippen LogP contribution in [0.1, 0.15) is 83.6 Å². The van der Waals surface area contributed by atoms with Crippen molar-refractivity contribution in [3.8, 4) is 0 Å². The van der Waals surface area contributed by atoms with E-state index in [0.29, 0.717) is 19.4 Å². The first-order valence-corrected chi connectivity index (χ1v) is 11.1. The summed E-state index contributed by atoms with van der Waals surface area (Å²) in [6, 6.07) is 9.81. The maximum absolute atomic E-state index is 12.1. The molecule has 1 aromatic rings. The lowest BCUT2D eigenvalue weighted by Gasteiger charge is -2.18. The van der Waals surface area contributed by atoms with E-state index >= 15 is 0 Å². The Morgan fingerprint density at radius 2 is 1.41 bits per heavy atom. The molecule has 164 valence electrons. The molecule has 0 heterocycles. The van der Waals surface area contributed by atoms with Gasteiger partial charge < -0.3 is 14.2 Å². The highest BCUT2D eigenvalue weighted by Gasteiger charge is 2.17. The molecule has 0 bridgehead atoms. The van der Waals surface area contributed by atoms with Crippen LogP contribution < -0.4 is 0 Å². The molecule has 0 aliphatic carbocycles. The first kappa shape index (κ1) is 25.2. The molecule has 29 heavy (non-hydrogen) atoms. The molecule has 0 radical (unpaired) electrons. The zero-order valence-corrected chi connectivity index (χ0v) is 18.2. The van der Waals surface area contributed by atoms with Gasteiger partial charge in [-0.2, -0.15) is 0 Å². The van der Waals surface area contributed by atoms with Gasteiger partial charge in [-0.05, 0) is 18.4 Å². The zero-order chi connectivity index (χ0) is 21.2. The van der Waals surface area contributed by atoms with E-state index in [4.69, 9.17) is 14.2 Å². The van der Waals surface area contributed by atoms with Crippen molar-refractivity contribution in [2.75, 3.05) is 13.2 Å². The Morgan fingerprint density at radius 3 is 2.03 bits per heavy atom. The first-order valence-electron chi connectivity index (χ1n) is 11.1. The highest BCUT2D eigenvalue weighted by molar-refractivity contribution is 5.70. The van der Waals surface area contributed by atoms with E-state index in [0.717, 1.165) is 56.9 Å². The van der Waals surface area contributed by atoms with E-state index < -0.39 is 6.10 Å². The zero-order valence-electron chi connectivity index (χ0n) is 18.2. The summed E-state index contributed by atoms with van der Waals surface area (Å²) in [5.74, 6) is -0.499. The fraction of sp³-hybridized carbons (Fsp3) is 0.667. The number of benzene rings is 1. The second-order valence-electron chi connectivity index (χ2n) is 7.42. The topological polar surface area (TPSA) is 61.8 Å². The van der Waals surface area contributed by atoms with Crippen LogP contribution in [0.3, 0.4) is 0 Å². The molecule has 0 saturated carbocycles. The third-order valence-corrected chi connectivity index (χ3v) is 4.61. The average molecular weight is 407 g/mol. The third-order valence-electron chi connectivity index (χ3n) is 4.61. The molecule has 0 aliphatic rings. The van der Waals surface area contributed by atoms with Gasteiger partial charge in [-0.15, -0.1) is 0 Å². The van der Waals surface area contributed by atoms with Crippen molar-refractivity contribution in [1.82, 2.24) is 0 Å². The molecule has 1 rings (SSSR count). The van der Waals surface area contributed by atoms with Crippen LogP contribution in [0.4, 0.5) is 0 Å². The van der Waals surface area contributed by atoms with Gasteiger partial charge in [-0.25, -0.2) is 0 Å². The molecule has 5 heteroatoms. The number of carbonyl (C=O) groups excluding carboxylic acids is 2. The molecule has 0 spiro atoms. The van der Waals surface area contributed by atoms with Crippen LogP contribution >= 0.6 is 0 Å². The summed E-state index contributed by atoms with van der Waals surface area (Å²) in [4.78, 5) is 24.1. The van der Waals surface area contributed by atoms with Crippen molar-refractivity contribution in [1.29, 1.82) is 0 Å². The minimum Gasteiger partial charge on any atom is -0.462 e. The highest BCUT2D eigenvalue weighted by Crippen LogP contribution is 2.09. The van der Waals surface area contributed by atoms with Gasteiger partial charge in [-0.3, -0.25) is 9.59 Å². The first-order chi connectivity index (χ1) is 14.2. The summed E-state index contributed by atoms with van der Waals surface area (Å²) in [7, 11) is 0. The number of unbranched alkanes of at least 4 members (excludes halogenated alkanes) is 6. The van der Waals surface area contributed by atoms with Crippen LogP contribution in [0.25, 0.3) is 0 Å². The molecule has 0 saturated heterocycles. The third kappa shape index (κ3) is 13.9. The summed E-state index contributed by atoms with van der Waals surface area (Å²) >= 11 is 0. The van der Waals surface area contributed by atoms with Gasteiger partial charge in [0.2, 0.25) is 0 Å². The molecule has 0 fully saturated rings. The van der Waals surface area contributed by atoms with E-state index in [1.165, 1.54) is 0 Å². The molecular weight excluding hydrogens is 368 g/mol. The molecule has 0 aromatic heterocycles. The minimum absolute atomic E-state index is 0.0438. The Morgan fingerprint density at radius 1 is 0.793 bits per heavy atom. The van der Waals surface area contributed by atoms with Crippen molar-refractivity contribution in [3.05, 3.63) is 35.9 Å². The Hall–Kier alpha value is -1.88. The van der Waals surface area contributed by atoms with E-state index in [9.17, 15) is 9.59 Å². The van der Waals surface area contributed by atoms with E-state index in [1.54, 1.807) is 0 Å². The van der Waals surface area contributed by atoms with Crippen molar-refractivity contribution in [3.63, 3.8) is 0 Å². The molecule has 5 nitrogen and oxygen atoms in total. The largest absolute Gasteiger partial charge is 0.462 e. The van der Waals surface area contributed by atoms with E-state index in [1.807, 2.05) is 30.3 Å². The van der Waals surface area contributed by atoms with E-state index in [-0.39, 0.29) is 25.2 Å². The summed E-state index contributed by atoms with van der Waals surface area (Å²) in [5.41, 5.74) is 1.05. The smallest absolute Gasteiger partial charge is 0.306 e. The van der Waals surface area contributed by atoms with Crippen LogP contribution in [0, 0.1) is 0 Å². The fourth-order valence-electron chi connectivity index (χ4n) is 2.89. The molecule has 0 N–H and O–H groups in total. The lowest BCUT2D eigenvalue weighted by Crippen LogP contribution is -2.29. The van der Waals surface area contributed by atoms with Crippen LogP contribution in [-0.4, -0.2) is 31.3 Å². The van der Waals surface area contributed by atoms with Crippen LogP contribution in [-0.2, 0) is 30.4 Å². The molecule has 0 aliphatic heterocycles. The normalized spacial score (nSPS) is 11.8. The summed E-state index contributed by atoms with van der Waals surface area (Å²) in [6.07, 6.45) is 8.42. The lowest BCUT2D eigenvalue weighted by molar-refractivity contribution is -0.163. The van der Waals surface area contributed by atoms with Crippen molar-refractivity contribution in [2.24, 2.45) is 0 Å². The number of carbonyl (C=O) groups is 2. The molecule has 1 atom stereocenters. The van der Waals surface area contributed by atoms with Crippen molar-refractivity contribution >= 4 is 11.9 Å². The molecular formula is C24H38O5. The second-order valence-corrected chi connectivity index (χ2v) is 7.42. The van der Waals surface area contributed by atoms with Gasteiger partial charge in [0.15, 0.2) is 6.10 Å². The van der Waals surface area contributed by atoms with Crippen LogP contribution in [0.5, 0.6) is 0 Å². The average Bonchev–Trinajstić information content (AvgIpc) is 2.73. The monoisotopic (exact) mass is 406 g/mol. The predicted molar refractivity (Wildman–Crippen MR) is 114 cm³/mol. The predicted octanol–water partition coefficient (Wildman–Crippen LogP) is 5.60. The van der Waals surface area contributed by atoms with Crippen LogP contribution in [0.2, 0.25) is 0 Å². The van der Waals surface area contributed by atoms with Gasteiger partial charge >= 0.3 is 11.9 Å². The minimum atomic E-state index is -0.572. The van der Waals surface area contributed by atoms with Crippen LogP contribution in [0.15, 0.2) is 30.3 Å². The summed E-state index contributed by atoms with van der Waals surface area (Å²) in [5, 5.41) is 0. The highest BCUT2D eigenvalue weighted by atomic mass is 16.6. The molecule has 0 amide bonds. The maximum atomic E-state index is 12.1. The fourth-order valence-corrected chi connectivity index (χ4v) is 2.89. The molecule has 1 unspecified atom stereocenters. The quantitative estimate of drug-likeness (QED) is 0.249. The van der Waals surface area contributed by atoms with Gasteiger partial charge in [-0.1, -0.05) is 82.7 Å². The summed E-state index contributed by atoms with van der Waals surface area (Å²) < 4.78 is 16.6. The Bertz CT molecular complexity index is 543. The number of rotatable bonds is 17. The Kier molecular flexibility index (Phi) is 14.8. The van der Waals surface area contributed by atoms with Crippen molar-refractivity contribution in [2.45, 2.75) is 90.8 Å². The molecule has 1 aromatic carbocycles. The van der Waals surface area contributed by atoms with Gasteiger partial charge in [0.05, 0.1) is 13.2 Å². The number of ether oxygens (including phenoxy) is 3. The number of hydrogen-bond acceptors (Lipinski definition) is 5. The lowest BCUT2D eigenvalue weighted by atomic mass is 10.1. The van der Waals surface area contributed by atoms with E-state index in [2.05, 4.69) is 13.8 Å².